The number of rotatable bonds is 10. The third kappa shape index (κ3) is 8.31. The number of likely N-dealkylation sites (tertiary alicyclic amines) is 1. The molecule has 0 aromatic heterocycles. The number of guanidine groups is 1. The van der Waals surface area contributed by atoms with E-state index in [0.29, 0.717) is 31.6 Å². The molecule has 30 heavy (non-hydrogen) atoms. The number of carbonyl (C=O) groups is 2. The number of methoxy groups -OCH3 is 1. The van der Waals surface area contributed by atoms with Gasteiger partial charge in [0.05, 0.1) is 7.11 Å². The van der Waals surface area contributed by atoms with Crippen LogP contribution in [0, 0.1) is 0 Å². The summed E-state index contributed by atoms with van der Waals surface area (Å²) in [6.45, 7) is 6.11. The standard InChI is InChI=1S/C22H35N5O3/c1-3-23-22(25-13-7-17-27-16-6-4-5-8-20(27)28)26-15-14-24-21(29)18-9-11-19(30-2)12-10-18/h9-12H,3-8,13-17H2,1-2H3,(H,24,29)(H2,23,25,26). The van der Waals surface area contributed by atoms with Crippen molar-refractivity contribution < 1.29 is 14.3 Å². The number of nitrogens with one attached hydrogen (secondary N) is 3. The van der Waals surface area contributed by atoms with Gasteiger partial charge in [0.15, 0.2) is 5.96 Å². The largest absolute Gasteiger partial charge is 0.497 e. The Labute approximate surface area is 179 Å². The van der Waals surface area contributed by atoms with E-state index in [1.165, 1.54) is 0 Å². The molecule has 0 atom stereocenters. The molecular weight excluding hydrogens is 382 g/mol. The van der Waals surface area contributed by atoms with Crippen LogP contribution in [0.5, 0.6) is 5.75 Å². The van der Waals surface area contributed by atoms with Crippen LogP contribution in [0.1, 0.15) is 49.4 Å². The summed E-state index contributed by atoms with van der Waals surface area (Å²) in [7, 11) is 1.60. The first kappa shape index (κ1) is 23.5. The average molecular weight is 418 g/mol. The molecule has 1 fully saturated rings. The predicted octanol–water partition coefficient (Wildman–Crippen LogP) is 1.77. The smallest absolute Gasteiger partial charge is 0.251 e. The van der Waals surface area contributed by atoms with E-state index in [1.54, 1.807) is 31.4 Å². The molecule has 0 bridgehead atoms. The Bertz CT molecular complexity index is 691. The molecule has 1 saturated heterocycles. The fourth-order valence-electron chi connectivity index (χ4n) is 3.27. The first-order chi connectivity index (χ1) is 14.6. The highest BCUT2D eigenvalue weighted by Gasteiger charge is 2.15. The Kier molecular flexibility index (Phi) is 10.5. The number of nitrogens with zero attached hydrogens (tertiary/aromatic N) is 2. The monoisotopic (exact) mass is 417 g/mol. The van der Waals surface area contributed by atoms with Gasteiger partial charge in [0.1, 0.15) is 5.75 Å². The number of hydrogen-bond acceptors (Lipinski definition) is 4. The molecule has 8 heteroatoms. The summed E-state index contributed by atoms with van der Waals surface area (Å²) in [5.74, 6) is 1.59. The molecular formula is C22H35N5O3. The van der Waals surface area contributed by atoms with Crippen LogP contribution in [0.25, 0.3) is 0 Å². The van der Waals surface area contributed by atoms with Crippen LogP contribution in [0.4, 0.5) is 0 Å². The van der Waals surface area contributed by atoms with E-state index in [-0.39, 0.29) is 11.8 Å². The second-order valence-electron chi connectivity index (χ2n) is 7.22. The molecule has 0 spiro atoms. The molecule has 2 amide bonds. The van der Waals surface area contributed by atoms with Gasteiger partial charge in [0, 0.05) is 51.3 Å². The van der Waals surface area contributed by atoms with Crippen LogP contribution < -0.4 is 20.7 Å². The van der Waals surface area contributed by atoms with Crippen LogP contribution in [0.15, 0.2) is 29.3 Å². The van der Waals surface area contributed by atoms with Gasteiger partial charge >= 0.3 is 0 Å². The maximum Gasteiger partial charge on any atom is 0.251 e. The van der Waals surface area contributed by atoms with Gasteiger partial charge in [-0.3, -0.25) is 14.6 Å². The van der Waals surface area contributed by atoms with Gasteiger partial charge in [-0.1, -0.05) is 6.42 Å². The van der Waals surface area contributed by atoms with Gasteiger partial charge in [-0.05, 0) is 50.5 Å². The van der Waals surface area contributed by atoms with Crippen LogP contribution in [-0.2, 0) is 4.79 Å². The van der Waals surface area contributed by atoms with Crippen LogP contribution in [0.2, 0.25) is 0 Å². The summed E-state index contributed by atoms with van der Waals surface area (Å²) in [5, 5.41) is 9.32. The molecule has 1 aromatic rings. The van der Waals surface area contributed by atoms with E-state index in [2.05, 4.69) is 20.9 Å². The van der Waals surface area contributed by atoms with Gasteiger partial charge in [0.25, 0.3) is 5.91 Å². The summed E-state index contributed by atoms with van der Waals surface area (Å²) >= 11 is 0. The fraction of sp³-hybridized carbons (Fsp3) is 0.591. The summed E-state index contributed by atoms with van der Waals surface area (Å²) in [6.07, 6.45) is 4.77. The number of benzene rings is 1. The molecule has 0 aliphatic carbocycles. The van der Waals surface area contributed by atoms with Crippen LogP contribution in [0.3, 0.4) is 0 Å². The Balaban J connectivity index is 1.68. The van der Waals surface area contributed by atoms with E-state index in [4.69, 9.17) is 4.74 Å². The Morgan fingerprint density at radius 1 is 1.10 bits per heavy atom. The lowest BCUT2D eigenvalue weighted by Gasteiger charge is -2.20. The highest BCUT2D eigenvalue weighted by molar-refractivity contribution is 5.94. The second kappa shape index (κ2) is 13.5. The molecule has 0 saturated carbocycles. The zero-order chi connectivity index (χ0) is 21.6. The van der Waals surface area contributed by atoms with E-state index < -0.39 is 0 Å². The first-order valence-electron chi connectivity index (χ1n) is 10.9. The lowest BCUT2D eigenvalue weighted by molar-refractivity contribution is -0.130. The minimum Gasteiger partial charge on any atom is -0.497 e. The zero-order valence-corrected chi connectivity index (χ0v) is 18.2. The number of amides is 2. The minimum atomic E-state index is -0.122. The molecule has 1 aromatic carbocycles. The Hall–Kier alpha value is -2.77. The SMILES string of the molecule is CCNC(=NCCCN1CCCCCC1=O)NCCNC(=O)c1ccc(OC)cc1. The summed E-state index contributed by atoms with van der Waals surface area (Å²) in [6, 6.07) is 7.01. The van der Waals surface area contributed by atoms with Gasteiger partial charge < -0.3 is 25.6 Å². The van der Waals surface area contributed by atoms with Crippen molar-refractivity contribution in [1.29, 1.82) is 0 Å². The van der Waals surface area contributed by atoms with Crippen molar-refractivity contribution >= 4 is 17.8 Å². The maximum atomic E-state index is 12.2. The predicted molar refractivity (Wildman–Crippen MR) is 119 cm³/mol. The lowest BCUT2D eigenvalue weighted by Crippen LogP contribution is -2.41. The molecule has 2 rings (SSSR count). The molecule has 0 unspecified atom stereocenters. The maximum absolute atomic E-state index is 12.2. The fourth-order valence-corrected chi connectivity index (χ4v) is 3.27. The second-order valence-corrected chi connectivity index (χ2v) is 7.22. The third-order valence-electron chi connectivity index (χ3n) is 4.93. The topological polar surface area (TPSA) is 95.1 Å². The molecule has 0 radical (unpaired) electrons. The quantitative estimate of drug-likeness (QED) is 0.306. The van der Waals surface area contributed by atoms with Crippen molar-refractivity contribution in [1.82, 2.24) is 20.9 Å². The highest BCUT2D eigenvalue weighted by Crippen LogP contribution is 2.12. The van der Waals surface area contributed by atoms with Gasteiger partial charge in [-0.2, -0.15) is 0 Å². The van der Waals surface area contributed by atoms with Crippen molar-refractivity contribution in [2.45, 2.75) is 39.0 Å². The minimum absolute atomic E-state index is 0.122. The summed E-state index contributed by atoms with van der Waals surface area (Å²) in [4.78, 5) is 30.7. The van der Waals surface area contributed by atoms with Crippen molar-refractivity contribution in [2.75, 3.05) is 46.4 Å². The molecule has 1 aliphatic heterocycles. The number of ether oxygens (including phenoxy) is 1. The number of aliphatic imine (C=N–C) groups is 1. The lowest BCUT2D eigenvalue weighted by atomic mass is 10.2. The van der Waals surface area contributed by atoms with Crippen molar-refractivity contribution in [3.05, 3.63) is 29.8 Å². The van der Waals surface area contributed by atoms with Crippen molar-refractivity contribution in [2.24, 2.45) is 4.99 Å². The van der Waals surface area contributed by atoms with Gasteiger partial charge in [0.2, 0.25) is 5.91 Å². The first-order valence-corrected chi connectivity index (χ1v) is 10.9. The summed E-state index contributed by atoms with van der Waals surface area (Å²) < 4.78 is 5.10. The van der Waals surface area contributed by atoms with Gasteiger partial charge in [-0.15, -0.1) is 0 Å². The van der Waals surface area contributed by atoms with Crippen LogP contribution in [-0.4, -0.2) is 69.1 Å². The molecule has 3 N–H and O–H groups in total. The molecule has 8 nitrogen and oxygen atoms in total. The summed E-state index contributed by atoms with van der Waals surface area (Å²) in [5.41, 5.74) is 0.597. The van der Waals surface area contributed by atoms with E-state index in [0.717, 1.165) is 57.0 Å². The molecule has 1 aliphatic rings. The van der Waals surface area contributed by atoms with Crippen molar-refractivity contribution in [3.63, 3.8) is 0 Å². The number of carbonyl (C=O) groups excluding carboxylic acids is 2. The molecule has 166 valence electrons. The third-order valence-corrected chi connectivity index (χ3v) is 4.93. The zero-order valence-electron chi connectivity index (χ0n) is 18.2. The molecule has 1 heterocycles. The number of hydrogen-bond donors (Lipinski definition) is 3. The van der Waals surface area contributed by atoms with Gasteiger partial charge in [-0.25, -0.2) is 0 Å². The van der Waals surface area contributed by atoms with Crippen molar-refractivity contribution in [3.8, 4) is 5.75 Å². The Morgan fingerprint density at radius 3 is 2.60 bits per heavy atom. The van der Waals surface area contributed by atoms with E-state index in [1.807, 2.05) is 11.8 Å². The Morgan fingerprint density at radius 2 is 1.87 bits per heavy atom. The highest BCUT2D eigenvalue weighted by atomic mass is 16.5. The van der Waals surface area contributed by atoms with E-state index in [9.17, 15) is 9.59 Å². The normalized spacial score (nSPS) is 14.8. The van der Waals surface area contributed by atoms with Crippen LogP contribution >= 0.6 is 0 Å². The van der Waals surface area contributed by atoms with E-state index >= 15 is 0 Å². The average Bonchev–Trinajstić information content (AvgIpc) is 2.97.